The average Bonchev–Trinajstić information content (AvgIpc) is 3.28. The Kier molecular flexibility index (Phi) is 6.35. The lowest BCUT2D eigenvalue weighted by atomic mass is 10.2. The van der Waals surface area contributed by atoms with Gasteiger partial charge in [0, 0.05) is 69.3 Å². The first-order chi connectivity index (χ1) is 14.2. The van der Waals surface area contributed by atoms with Crippen LogP contribution in [0, 0.1) is 6.92 Å². The van der Waals surface area contributed by atoms with E-state index in [0.717, 1.165) is 51.5 Å². The van der Waals surface area contributed by atoms with Crippen LogP contribution in [-0.4, -0.2) is 56.6 Å². The van der Waals surface area contributed by atoms with Crippen LogP contribution in [0.5, 0.6) is 0 Å². The van der Waals surface area contributed by atoms with Gasteiger partial charge in [0.2, 0.25) is 5.91 Å². The first kappa shape index (κ1) is 19.8. The number of carbonyl (C=O) groups is 1. The third kappa shape index (κ3) is 5.30. The molecule has 0 radical (unpaired) electrons. The van der Waals surface area contributed by atoms with E-state index in [0.29, 0.717) is 6.42 Å². The van der Waals surface area contributed by atoms with Gasteiger partial charge in [0.1, 0.15) is 0 Å². The molecule has 0 atom stereocenters. The highest BCUT2D eigenvalue weighted by molar-refractivity contribution is 5.91. The minimum Gasteiger partial charge on any atom is -0.372 e. The summed E-state index contributed by atoms with van der Waals surface area (Å²) in [5.74, 6) is 0.0973. The SMILES string of the molecule is Cc1cccc(N2CCN(CCC(=O)Nc3ccc(N4CCCC4)cc3)CC2)c1. The van der Waals surface area contributed by atoms with E-state index in [4.69, 9.17) is 0 Å². The Morgan fingerprint density at radius 3 is 2.24 bits per heavy atom. The molecule has 2 aromatic carbocycles. The highest BCUT2D eigenvalue weighted by atomic mass is 16.1. The normalized spacial score (nSPS) is 17.6. The van der Waals surface area contributed by atoms with Crippen molar-refractivity contribution in [3.05, 3.63) is 54.1 Å². The highest BCUT2D eigenvalue weighted by Gasteiger charge is 2.18. The van der Waals surface area contributed by atoms with Crippen molar-refractivity contribution in [3.8, 4) is 0 Å². The van der Waals surface area contributed by atoms with Gasteiger partial charge in [-0.15, -0.1) is 0 Å². The van der Waals surface area contributed by atoms with Crippen molar-refractivity contribution in [1.29, 1.82) is 0 Å². The smallest absolute Gasteiger partial charge is 0.225 e. The molecule has 1 N–H and O–H groups in total. The summed E-state index contributed by atoms with van der Waals surface area (Å²) in [6.07, 6.45) is 3.09. The van der Waals surface area contributed by atoms with Gasteiger partial charge < -0.3 is 15.1 Å². The molecule has 5 heteroatoms. The summed E-state index contributed by atoms with van der Waals surface area (Å²) in [5, 5.41) is 3.05. The zero-order chi connectivity index (χ0) is 20.1. The van der Waals surface area contributed by atoms with Crippen LogP contribution in [0.4, 0.5) is 17.1 Å². The van der Waals surface area contributed by atoms with Crippen molar-refractivity contribution in [3.63, 3.8) is 0 Å². The Labute approximate surface area is 174 Å². The van der Waals surface area contributed by atoms with Crippen LogP contribution in [0.2, 0.25) is 0 Å². The van der Waals surface area contributed by atoms with Crippen LogP contribution in [0.25, 0.3) is 0 Å². The largest absolute Gasteiger partial charge is 0.372 e. The van der Waals surface area contributed by atoms with Gasteiger partial charge in [-0.3, -0.25) is 9.69 Å². The Hall–Kier alpha value is -2.53. The molecule has 29 heavy (non-hydrogen) atoms. The molecule has 4 rings (SSSR count). The third-order valence-corrected chi connectivity index (χ3v) is 6.02. The first-order valence-electron chi connectivity index (χ1n) is 10.9. The Balaban J connectivity index is 1.19. The van der Waals surface area contributed by atoms with Gasteiger partial charge in [-0.1, -0.05) is 12.1 Å². The number of aryl methyl sites for hydroxylation is 1. The lowest BCUT2D eigenvalue weighted by molar-refractivity contribution is -0.116. The average molecular weight is 393 g/mol. The van der Waals surface area contributed by atoms with Gasteiger partial charge in [0.25, 0.3) is 0 Å². The molecule has 154 valence electrons. The predicted molar refractivity (Wildman–Crippen MR) is 121 cm³/mol. The van der Waals surface area contributed by atoms with Crippen molar-refractivity contribution < 1.29 is 4.79 Å². The number of nitrogens with zero attached hydrogens (tertiary/aromatic N) is 3. The topological polar surface area (TPSA) is 38.8 Å². The number of piperazine rings is 1. The summed E-state index contributed by atoms with van der Waals surface area (Å²) in [6, 6.07) is 17.0. The van der Waals surface area contributed by atoms with Crippen LogP contribution < -0.4 is 15.1 Å². The molecule has 2 heterocycles. The highest BCUT2D eigenvalue weighted by Crippen LogP contribution is 2.22. The van der Waals surface area contributed by atoms with E-state index in [1.165, 1.54) is 29.8 Å². The van der Waals surface area contributed by atoms with Crippen LogP contribution in [0.1, 0.15) is 24.8 Å². The number of anilines is 3. The monoisotopic (exact) mass is 392 g/mol. The van der Waals surface area contributed by atoms with Gasteiger partial charge in [-0.2, -0.15) is 0 Å². The van der Waals surface area contributed by atoms with Crippen molar-refractivity contribution in [2.75, 3.05) is 60.9 Å². The second-order valence-electron chi connectivity index (χ2n) is 8.21. The second kappa shape index (κ2) is 9.31. The van der Waals surface area contributed by atoms with E-state index in [2.05, 4.69) is 63.3 Å². The fraction of sp³-hybridized carbons (Fsp3) is 0.458. The molecular formula is C24H32N4O. The number of nitrogens with one attached hydrogen (secondary N) is 1. The third-order valence-electron chi connectivity index (χ3n) is 6.02. The van der Waals surface area contributed by atoms with Gasteiger partial charge in [-0.25, -0.2) is 0 Å². The Morgan fingerprint density at radius 1 is 0.862 bits per heavy atom. The predicted octanol–water partition coefficient (Wildman–Crippen LogP) is 3.75. The van der Waals surface area contributed by atoms with Crippen molar-refractivity contribution in [1.82, 2.24) is 4.90 Å². The standard InChI is InChI=1S/C24H32N4O/c1-20-5-4-6-23(19-20)28-17-15-26(16-18-28)14-11-24(29)25-21-7-9-22(10-8-21)27-12-2-3-13-27/h4-10,19H,2-3,11-18H2,1H3,(H,25,29). The van der Waals surface area contributed by atoms with E-state index in [9.17, 15) is 4.79 Å². The van der Waals surface area contributed by atoms with Gasteiger partial charge in [-0.05, 0) is 61.7 Å². The van der Waals surface area contributed by atoms with Gasteiger partial charge in [0.05, 0.1) is 0 Å². The summed E-state index contributed by atoms with van der Waals surface area (Å²) in [7, 11) is 0. The maximum atomic E-state index is 12.4. The molecule has 0 aliphatic carbocycles. The van der Waals surface area contributed by atoms with E-state index in [1.54, 1.807) is 0 Å². The molecule has 2 aliphatic rings. The minimum atomic E-state index is 0.0973. The molecule has 1 amide bonds. The summed E-state index contributed by atoms with van der Waals surface area (Å²) < 4.78 is 0. The number of amides is 1. The fourth-order valence-electron chi connectivity index (χ4n) is 4.27. The minimum absolute atomic E-state index is 0.0973. The lowest BCUT2D eigenvalue weighted by Crippen LogP contribution is -2.47. The molecule has 0 aromatic heterocycles. The number of hydrogen-bond donors (Lipinski definition) is 1. The molecule has 2 fully saturated rings. The number of rotatable bonds is 6. The van der Waals surface area contributed by atoms with Crippen molar-refractivity contribution in [2.24, 2.45) is 0 Å². The first-order valence-corrected chi connectivity index (χ1v) is 10.9. The summed E-state index contributed by atoms with van der Waals surface area (Å²) in [4.78, 5) is 19.6. The van der Waals surface area contributed by atoms with E-state index in [-0.39, 0.29) is 5.91 Å². The maximum absolute atomic E-state index is 12.4. The molecule has 2 aliphatic heterocycles. The fourth-order valence-corrected chi connectivity index (χ4v) is 4.27. The van der Waals surface area contributed by atoms with E-state index in [1.807, 2.05) is 12.1 Å². The van der Waals surface area contributed by atoms with Crippen molar-refractivity contribution in [2.45, 2.75) is 26.2 Å². The Morgan fingerprint density at radius 2 is 1.55 bits per heavy atom. The zero-order valence-electron chi connectivity index (χ0n) is 17.4. The summed E-state index contributed by atoms with van der Waals surface area (Å²) in [5.41, 5.74) is 4.75. The number of carbonyl (C=O) groups excluding carboxylic acids is 1. The zero-order valence-corrected chi connectivity index (χ0v) is 17.4. The van der Waals surface area contributed by atoms with Crippen LogP contribution in [0.15, 0.2) is 48.5 Å². The molecular weight excluding hydrogens is 360 g/mol. The van der Waals surface area contributed by atoms with Crippen LogP contribution in [0.3, 0.4) is 0 Å². The summed E-state index contributed by atoms with van der Waals surface area (Å²) in [6.45, 7) is 9.28. The molecule has 2 saturated heterocycles. The van der Waals surface area contributed by atoms with E-state index < -0.39 is 0 Å². The molecule has 2 aromatic rings. The molecule has 0 unspecified atom stereocenters. The van der Waals surface area contributed by atoms with E-state index >= 15 is 0 Å². The quantitative estimate of drug-likeness (QED) is 0.813. The lowest BCUT2D eigenvalue weighted by Gasteiger charge is -2.36. The second-order valence-corrected chi connectivity index (χ2v) is 8.21. The maximum Gasteiger partial charge on any atom is 0.225 e. The van der Waals surface area contributed by atoms with Crippen molar-refractivity contribution >= 4 is 23.0 Å². The number of hydrogen-bond acceptors (Lipinski definition) is 4. The molecule has 5 nitrogen and oxygen atoms in total. The molecule has 0 saturated carbocycles. The molecule has 0 bridgehead atoms. The van der Waals surface area contributed by atoms with Crippen LogP contribution >= 0.6 is 0 Å². The number of benzene rings is 2. The Bertz CT molecular complexity index is 806. The van der Waals surface area contributed by atoms with Gasteiger partial charge in [0.15, 0.2) is 0 Å². The summed E-state index contributed by atoms with van der Waals surface area (Å²) >= 11 is 0. The molecule has 0 spiro atoms. The van der Waals surface area contributed by atoms with Gasteiger partial charge >= 0.3 is 0 Å². The van der Waals surface area contributed by atoms with Crippen LogP contribution in [-0.2, 0) is 4.79 Å².